The molecule has 5 heteroatoms. The number of rotatable bonds is 7. The van der Waals surface area contributed by atoms with Crippen LogP contribution in [0.2, 0.25) is 0 Å². The van der Waals surface area contributed by atoms with Crippen molar-refractivity contribution < 1.29 is 14.0 Å². The first-order valence-corrected chi connectivity index (χ1v) is 8.31. The number of benzene rings is 2. The van der Waals surface area contributed by atoms with Gasteiger partial charge in [-0.05, 0) is 25.5 Å². The van der Waals surface area contributed by atoms with Crippen molar-refractivity contribution in [2.24, 2.45) is 0 Å². The number of hydrogen-bond acceptors (Lipinski definition) is 2. The molecule has 1 N–H and O–H groups in total. The van der Waals surface area contributed by atoms with Gasteiger partial charge >= 0.3 is 0 Å². The van der Waals surface area contributed by atoms with Crippen molar-refractivity contribution in [2.75, 3.05) is 0 Å². The minimum Gasteiger partial charge on any atom is -0.351 e. The van der Waals surface area contributed by atoms with Crippen LogP contribution in [-0.2, 0) is 22.7 Å². The molecule has 0 radical (unpaired) electrons. The quantitative estimate of drug-likeness (QED) is 0.785. The fraction of sp³-hybridized carbons (Fsp3) is 0.300. The summed E-state index contributed by atoms with van der Waals surface area (Å²) >= 11 is 0. The van der Waals surface area contributed by atoms with E-state index in [1.165, 1.54) is 6.07 Å². The smallest absolute Gasteiger partial charge is 0.232 e. The Labute approximate surface area is 147 Å². The summed E-state index contributed by atoms with van der Waals surface area (Å²) in [5.74, 6) is -1.03. The Morgan fingerprint density at radius 1 is 1.04 bits per heavy atom. The third kappa shape index (κ3) is 5.71. The molecule has 0 spiro atoms. The maximum atomic E-state index is 13.6. The van der Waals surface area contributed by atoms with Crippen LogP contribution in [0.5, 0.6) is 0 Å². The average molecular weight is 342 g/mol. The zero-order chi connectivity index (χ0) is 18.2. The molecule has 2 rings (SSSR count). The lowest BCUT2D eigenvalue weighted by atomic mass is 10.1. The van der Waals surface area contributed by atoms with Crippen LogP contribution in [0.3, 0.4) is 0 Å². The fourth-order valence-electron chi connectivity index (χ4n) is 2.48. The van der Waals surface area contributed by atoms with Gasteiger partial charge in [-0.3, -0.25) is 9.59 Å². The van der Waals surface area contributed by atoms with Crippen molar-refractivity contribution in [2.45, 2.75) is 39.4 Å². The highest BCUT2D eigenvalue weighted by molar-refractivity contribution is 5.96. The van der Waals surface area contributed by atoms with Gasteiger partial charge in [0.05, 0.1) is 0 Å². The number of nitrogens with one attached hydrogen (secondary N) is 1. The summed E-state index contributed by atoms with van der Waals surface area (Å²) < 4.78 is 13.6. The van der Waals surface area contributed by atoms with Crippen molar-refractivity contribution in [3.63, 3.8) is 0 Å². The van der Waals surface area contributed by atoms with Gasteiger partial charge < -0.3 is 10.2 Å². The lowest BCUT2D eigenvalue weighted by Crippen LogP contribution is -2.39. The van der Waals surface area contributed by atoms with E-state index >= 15 is 0 Å². The van der Waals surface area contributed by atoms with Gasteiger partial charge in [-0.25, -0.2) is 4.39 Å². The number of hydrogen-bond donors (Lipinski definition) is 1. The first kappa shape index (κ1) is 18.6. The molecule has 132 valence electrons. The molecule has 0 bridgehead atoms. The van der Waals surface area contributed by atoms with Crippen molar-refractivity contribution in [1.29, 1.82) is 0 Å². The molecule has 0 atom stereocenters. The van der Waals surface area contributed by atoms with E-state index in [-0.39, 0.29) is 30.7 Å². The zero-order valence-corrected chi connectivity index (χ0v) is 14.5. The summed E-state index contributed by atoms with van der Waals surface area (Å²) in [5.41, 5.74) is 1.41. The second-order valence-corrected chi connectivity index (χ2v) is 6.15. The summed E-state index contributed by atoms with van der Waals surface area (Å²) in [6, 6.07) is 15.9. The van der Waals surface area contributed by atoms with Crippen LogP contribution in [0, 0.1) is 5.82 Å². The maximum absolute atomic E-state index is 13.6. The van der Waals surface area contributed by atoms with Crippen LogP contribution < -0.4 is 5.32 Å². The lowest BCUT2D eigenvalue weighted by molar-refractivity contribution is -0.138. The van der Waals surface area contributed by atoms with E-state index in [0.717, 1.165) is 5.56 Å². The molecule has 0 aliphatic rings. The predicted molar refractivity (Wildman–Crippen MR) is 95.0 cm³/mol. The lowest BCUT2D eigenvalue weighted by Gasteiger charge is -2.26. The van der Waals surface area contributed by atoms with Crippen LogP contribution in [-0.4, -0.2) is 22.8 Å². The Hall–Kier alpha value is -2.69. The first-order chi connectivity index (χ1) is 12.0. The highest BCUT2D eigenvalue weighted by Gasteiger charge is 2.20. The molecule has 0 unspecified atom stereocenters. The number of halogens is 1. The van der Waals surface area contributed by atoms with Crippen LogP contribution in [0.4, 0.5) is 4.39 Å². The highest BCUT2D eigenvalue weighted by atomic mass is 19.1. The summed E-state index contributed by atoms with van der Waals surface area (Å²) in [4.78, 5) is 26.2. The molecule has 2 aromatic rings. The molecular formula is C20H23FN2O2. The number of carbonyl (C=O) groups is 2. The first-order valence-electron chi connectivity index (χ1n) is 8.31. The van der Waals surface area contributed by atoms with Crippen molar-refractivity contribution in [3.8, 4) is 0 Å². The minimum absolute atomic E-state index is 0.0212. The number of amides is 2. The second kappa shape index (κ2) is 8.97. The second-order valence-electron chi connectivity index (χ2n) is 6.15. The Bertz CT molecular complexity index is 717. The molecule has 2 amide bonds. The predicted octanol–water partition coefficient (Wildman–Crippen LogP) is 3.27. The van der Waals surface area contributed by atoms with E-state index < -0.39 is 5.91 Å². The van der Waals surface area contributed by atoms with Gasteiger partial charge in [0, 0.05) is 24.7 Å². The van der Waals surface area contributed by atoms with E-state index in [1.807, 2.05) is 44.2 Å². The standard InChI is InChI=1S/C20H23FN2O2/c1-15(2)23(14-16-8-4-3-5-9-16)20(25)12-19(24)22-13-17-10-6-7-11-18(17)21/h3-11,15H,12-14H2,1-2H3,(H,22,24). The summed E-state index contributed by atoms with van der Waals surface area (Å²) in [6.07, 6.45) is -0.251. The molecule has 0 aliphatic carbocycles. The topological polar surface area (TPSA) is 49.4 Å². The third-order valence-corrected chi connectivity index (χ3v) is 3.89. The zero-order valence-electron chi connectivity index (χ0n) is 14.5. The molecule has 0 aromatic heterocycles. The highest BCUT2D eigenvalue weighted by Crippen LogP contribution is 2.10. The largest absolute Gasteiger partial charge is 0.351 e. The Morgan fingerprint density at radius 3 is 2.32 bits per heavy atom. The average Bonchev–Trinajstić information content (AvgIpc) is 2.59. The van der Waals surface area contributed by atoms with Crippen LogP contribution in [0.1, 0.15) is 31.4 Å². The Balaban J connectivity index is 1.91. The third-order valence-electron chi connectivity index (χ3n) is 3.89. The van der Waals surface area contributed by atoms with Gasteiger partial charge in [0.2, 0.25) is 11.8 Å². The van der Waals surface area contributed by atoms with Crippen LogP contribution in [0.15, 0.2) is 54.6 Å². The molecule has 0 aliphatic heterocycles. The van der Waals surface area contributed by atoms with Gasteiger partial charge in [-0.1, -0.05) is 48.5 Å². The van der Waals surface area contributed by atoms with E-state index in [9.17, 15) is 14.0 Å². The summed E-state index contributed by atoms with van der Waals surface area (Å²) in [5, 5.41) is 2.60. The maximum Gasteiger partial charge on any atom is 0.232 e. The van der Waals surface area contributed by atoms with Gasteiger partial charge in [0.25, 0.3) is 0 Å². The molecule has 0 fully saturated rings. The van der Waals surface area contributed by atoms with E-state index in [0.29, 0.717) is 12.1 Å². The van der Waals surface area contributed by atoms with Gasteiger partial charge in [-0.15, -0.1) is 0 Å². The molecule has 0 saturated carbocycles. The van der Waals surface area contributed by atoms with E-state index in [1.54, 1.807) is 23.1 Å². The summed E-state index contributed by atoms with van der Waals surface area (Å²) in [7, 11) is 0. The molecule has 25 heavy (non-hydrogen) atoms. The number of carbonyl (C=O) groups excluding carboxylic acids is 2. The molecule has 2 aromatic carbocycles. The molecule has 4 nitrogen and oxygen atoms in total. The fourth-order valence-corrected chi connectivity index (χ4v) is 2.48. The summed E-state index contributed by atoms with van der Waals surface area (Å²) in [6.45, 7) is 4.35. The Morgan fingerprint density at radius 2 is 1.68 bits per heavy atom. The van der Waals surface area contributed by atoms with E-state index in [2.05, 4.69) is 5.32 Å². The monoisotopic (exact) mass is 342 g/mol. The normalized spacial score (nSPS) is 10.6. The molecule has 0 heterocycles. The van der Waals surface area contributed by atoms with Crippen LogP contribution in [0.25, 0.3) is 0 Å². The molecule has 0 saturated heterocycles. The van der Waals surface area contributed by atoms with Gasteiger partial charge in [0.1, 0.15) is 12.2 Å². The van der Waals surface area contributed by atoms with Gasteiger partial charge in [0.15, 0.2) is 0 Å². The number of nitrogens with zero attached hydrogens (tertiary/aromatic N) is 1. The van der Waals surface area contributed by atoms with Crippen molar-refractivity contribution in [1.82, 2.24) is 10.2 Å². The SMILES string of the molecule is CC(C)N(Cc1ccccc1)C(=O)CC(=O)NCc1ccccc1F. The van der Waals surface area contributed by atoms with Crippen molar-refractivity contribution >= 4 is 11.8 Å². The van der Waals surface area contributed by atoms with Crippen molar-refractivity contribution in [3.05, 3.63) is 71.5 Å². The molecular weight excluding hydrogens is 319 g/mol. The van der Waals surface area contributed by atoms with Crippen LogP contribution >= 0.6 is 0 Å². The van der Waals surface area contributed by atoms with E-state index in [4.69, 9.17) is 0 Å². The minimum atomic E-state index is -0.410. The van der Waals surface area contributed by atoms with Gasteiger partial charge in [-0.2, -0.15) is 0 Å². The Kier molecular flexibility index (Phi) is 6.69.